The predicted molar refractivity (Wildman–Crippen MR) is 80.1 cm³/mol. The molecule has 1 aliphatic heterocycles. The van der Waals surface area contributed by atoms with Crippen LogP contribution in [0.5, 0.6) is 0 Å². The molecule has 1 aromatic heterocycles. The van der Waals surface area contributed by atoms with Gasteiger partial charge in [0, 0.05) is 31.1 Å². The van der Waals surface area contributed by atoms with Gasteiger partial charge >= 0.3 is 11.8 Å². The van der Waals surface area contributed by atoms with Crippen LogP contribution in [0.4, 0.5) is 0 Å². The number of amides is 2. The summed E-state index contributed by atoms with van der Waals surface area (Å²) in [6, 6.07) is 3.76. The first-order valence-electron chi connectivity index (χ1n) is 6.69. The molecule has 0 atom stereocenters. The van der Waals surface area contributed by atoms with E-state index < -0.39 is 11.8 Å². The summed E-state index contributed by atoms with van der Waals surface area (Å²) in [6.45, 7) is 3.32. The van der Waals surface area contributed by atoms with E-state index in [-0.39, 0.29) is 0 Å². The lowest BCUT2D eigenvalue weighted by Gasteiger charge is -2.19. The minimum absolute atomic E-state index is 0.432. The molecule has 1 saturated heterocycles. The summed E-state index contributed by atoms with van der Waals surface area (Å²) >= 11 is 7.32. The zero-order chi connectivity index (χ0) is 14.4. The molecule has 2 heterocycles. The number of carbonyl (C=O) groups excluding carboxylic acids is 2. The van der Waals surface area contributed by atoms with Gasteiger partial charge in [0.1, 0.15) is 0 Å². The van der Waals surface area contributed by atoms with Crippen molar-refractivity contribution in [3.63, 3.8) is 0 Å². The third-order valence-electron chi connectivity index (χ3n) is 3.11. The fourth-order valence-electron chi connectivity index (χ4n) is 2.05. The van der Waals surface area contributed by atoms with Crippen molar-refractivity contribution in [2.45, 2.75) is 12.8 Å². The molecular formula is C13H18ClN3O2S. The standard InChI is InChI=1S/C13H18ClN3O2S/c14-11-3-2-10(20-11)4-6-16-12(18)13(19)17-8-1-5-15-7-9-17/h2-3,15H,1,4-9H2,(H,16,18). The molecule has 0 unspecified atom stereocenters. The van der Waals surface area contributed by atoms with E-state index in [1.165, 1.54) is 11.3 Å². The summed E-state index contributed by atoms with van der Waals surface area (Å²) < 4.78 is 0.736. The third kappa shape index (κ3) is 4.47. The van der Waals surface area contributed by atoms with Crippen molar-refractivity contribution in [3.05, 3.63) is 21.3 Å². The van der Waals surface area contributed by atoms with Crippen molar-refractivity contribution >= 4 is 34.8 Å². The van der Waals surface area contributed by atoms with Gasteiger partial charge in [-0.2, -0.15) is 0 Å². The number of nitrogens with zero attached hydrogens (tertiary/aromatic N) is 1. The van der Waals surface area contributed by atoms with Crippen LogP contribution < -0.4 is 10.6 Å². The van der Waals surface area contributed by atoms with Gasteiger partial charge < -0.3 is 15.5 Å². The molecule has 2 amide bonds. The fraction of sp³-hybridized carbons (Fsp3) is 0.538. The van der Waals surface area contributed by atoms with Crippen molar-refractivity contribution < 1.29 is 9.59 Å². The van der Waals surface area contributed by atoms with Crippen LogP contribution >= 0.6 is 22.9 Å². The Morgan fingerprint density at radius 2 is 2.20 bits per heavy atom. The summed E-state index contributed by atoms with van der Waals surface area (Å²) in [5.41, 5.74) is 0. The lowest BCUT2D eigenvalue weighted by Crippen LogP contribution is -2.44. The second-order valence-electron chi connectivity index (χ2n) is 4.61. The van der Waals surface area contributed by atoms with Gasteiger partial charge in [-0.1, -0.05) is 11.6 Å². The lowest BCUT2D eigenvalue weighted by molar-refractivity contribution is -0.145. The smallest absolute Gasteiger partial charge is 0.311 e. The fourth-order valence-corrected chi connectivity index (χ4v) is 3.14. The van der Waals surface area contributed by atoms with Crippen LogP contribution in [0.15, 0.2) is 12.1 Å². The van der Waals surface area contributed by atoms with E-state index in [0.29, 0.717) is 26.1 Å². The molecule has 0 radical (unpaired) electrons. The number of nitrogens with one attached hydrogen (secondary N) is 2. The van der Waals surface area contributed by atoms with Crippen LogP contribution in [-0.4, -0.2) is 49.4 Å². The maximum absolute atomic E-state index is 12.0. The largest absolute Gasteiger partial charge is 0.347 e. The highest BCUT2D eigenvalue weighted by Crippen LogP contribution is 2.21. The Bertz CT molecular complexity index is 470. The highest BCUT2D eigenvalue weighted by molar-refractivity contribution is 7.16. The summed E-state index contributed by atoms with van der Waals surface area (Å²) in [5, 5.41) is 5.87. The molecule has 0 aromatic carbocycles. The van der Waals surface area contributed by atoms with Gasteiger partial charge in [0.25, 0.3) is 0 Å². The first-order valence-corrected chi connectivity index (χ1v) is 7.88. The van der Waals surface area contributed by atoms with Crippen LogP contribution in [0.3, 0.4) is 0 Å². The maximum atomic E-state index is 12.0. The summed E-state index contributed by atoms with van der Waals surface area (Å²) in [6.07, 6.45) is 1.57. The third-order valence-corrected chi connectivity index (χ3v) is 4.40. The molecule has 1 fully saturated rings. The Labute approximate surface area is 127 Å². The van der Waals surface area contributed by atoms with E-state index >= 15 is 0 Å². The number of halogens is 1. The quantitative estimate of drug-likeness (QED) is 0.814. The Balaban J connectivity index is 1.74. The Morgan fingerprint density at radius 3 is 2.95 bits per heavy atom. The molecule has 1 aliphatic rings. The van der Waals surface area contributed by atoms with Crippen LogP contribution in [-0.2, 0) is 16.0 Å². The van der Waals surface area contributed by atoms with Crippen molar-refractivity contribution in [2.75, 3.05) is 32.7 Å². The molecule has 2 N–H and O–H groups in total. The molecule has 1 aromatic rings. The van der Waals surface area contributed by atoms with Gasteiger partial charge in [-0.3, -0.25) is 9.59 Å². The van der Waals surface area contributed by atoms with E-state index in [1.807, 2.05) is 12.1 Å². The monoisotopic (exact) mass is 315 g/mol. The Kier molecular flexibility index (Phi) is 5.82. The first-order chi connectivity index (χ1) is 9.66. The average molecular weight is 316 g/mol. The molecule has 0 spiro atoms. The van der Waals surface area contributed by atoms with Crippen LogP contribution in [0.1, 0.15) is 11.3 Å². The number of carbonyl (C=O) groups is 2. The summed E-state index contributed by atoms with van der Waals surface area (Å²) in [4.78, 5) is 26.5. The van der Waals surface area contributed by atoms with Crippen molar-refractivity contribution in [3.8, 4) is 0 Å². The highest BCUT2D eigenvalue weighted by Gasteiger charge is 2.21. The van der Waals surface area contributed by atoms with Crippen molar-refractivity contribution in [1.29, 1.82) is 0 Å². The van der Waals surface area contributed by atoms with E-state index in [0.717, 1.165) is 28.7 Å². The molecule has 0 aliphatic carbocycles. The second kappa shape index (κ2) is 7.61. The van der Waals surface area contributed by atoms with Crippen molar-refractivity contribution in [1.82, 2.24) is 15.5 Å². The topological polar surface area (TPSA) is 61.4 Å². The normalized spacial score (nSPS) is 15.8. The molecule has 0 saturated carbocycles. The van der Waals surface area contributed by atoms with Crippen LogP contribution in [0.25, 0.3) is 0 Å². The first kappa shape index (κ1) is 15.3. The molecule has 20 heavy (non-hydrogen) atoms. The summed E-state index contributed by atoms with van der Waals surface area (Å²) in [7, 11) is 0. The van der Waals surface area contributed by atoms with E-state index in [9.17, 15) is 9.59 Å². The van der Waals surface area contributed by atoms with Gasteiger partial charge in [-0.25, -0.2) is 0 Å². The maximum Gasteiger partial charge on any atom is 0.311 e. The second-order valence-corrected chi connectivity index (χ2v) is 6.41. The molecule has 0 bridgehead atoms. The van der Waals surface area contributed by atoms with Gasteiger partial charge in [0.05, 0.1) is 4.34 Å². The number of hydrogen-bond acceptors (Lipinski definition) is 4. The summed E-state index contributed by atoms with van der Waals surface area (Å²) in [5.74, 6) is -0.951. The highest BCUT2D eigenvalue weighted by atomic mass is 35.5. The van der Waals surface area contributed by atoms with E-state index in [1.54, 1.807) is 4.90 Å². The molecular weight excluding hydrogens is 298 g/mol. The van der Waals surface area contributed by atoms with Crippen molar-refractivity contribution in [2.24, 2.45) is 0 Å². The zero-order valence-corrected chi connectivity index (χ0v) is 12.7. The Hall–Kier alpha value is -1.11. The minimum Gasteiger partial charge on any atom is -0.347 e. The van der Waals surface area contributed by atoms with Gasteiger partial charge in [-0.05, 0) is 31.5 Å². The number of rotatable bonds is 3. The minimum atomic E-state index is -0.519. The van der Waals surface area contributed by atoms with E-state index in [4.69, 9.17) is 11.6 Å². The van der Waals surface area contributed by atoms with Gasteiger partial charge in [-0.15, -0.1) is 11.3 Å². The van der Waals surface area contributed by atoms with Gasteiger partial charge in [0.15, 0.2) is 0 Å². The van der Waals surface area contributed by atoms with Crippen LogP contribution in [0, 0.1) is 0 Å². The molecule has 7 heteroatoms. The zero-order valence-electron chi connectivity index (χ0n) is 11.2. The van der Waals surface area contributed by atoms with Crippen LogP contribution in [0.2, 0.25) is 4.34 Å². The molecule has 5 nitrogen and oxygen atoms in total. The Morgan fingerprint density at radius 1 is 1.35 bits per heavy atom. The number of thiophene rings is 1. The SMILES string of the molecule is O=C(NCCc1ccc(Cl)s1)C(=O)N1CCCNCC1. The predicted octanol–water partition coefficient (Wildman–Crippen LogP) is 0.882. The lowest BCUT2D eigenvalue weighted by atomic mass is 10.3. The molecule has 2 rings (SSSR count). The van der Waals surface area contributed by atoms with Gasteiger partial charge in [0.2, 0.25) is 0 Å². The average Bonchev–Trinajstić information content (AvgIpc) is 2.68. The van der Waals surface area contributed by atoms with E-state index in [2.05, 4.69) is 10.6 Å². The molecule has 110 valence electrons. The number of hydrogen-bond donors (Lipinski definition) is 2.